The molecule has 92 valence electrons. The molecule has 1 aromatic carbocycles. The Kier molecular flexibility index (Phi) is 3.68. The number of hydrogen-bond acceptors (Lipinski definition) is 2. The zero-order valence-corrected chi connectivity index (χ0v) is 11.6. The van der Waals surface area contributed by atoms with Crippen molar-refractivity contribution in [2.24, 2.45) is 11.1 Å². The molecule has 1 fully saturated rings. The van der Waals surface area contributed by atoms with E-state index in [-0.39, 0.29) is 11.2 Å². The van der Waals surface area contributed by atoms with Crippen molar-refractivity contribution in [2.75, 3.05) is 6.61 Å². The molecule has 0 heterocycles. The number of ether oxygens (including phenoxy) is 1. The highest BCUT2D eigenvalue weighted by atomic mass is 79.9. The lowest BCUT2D eigenvalue weighted by Crippen LogP contribution is -2.21. The van der Waals surface area contributed by atoms with Gasteiger partial charge in [-0.2, -0.15) is 0 Å². The molecule has 0 radical (unpaired) electrons. The minimum atomic E-state index is -0.318. The van der Waals surface area contributed by atoms with E-state index < -0.39 is 0 Å². The van der Waals surface area contributed by atoms with Crippen LogP contribution >= 0.6 is 28.1 Å². The van der Waals surface area contributed by atoms with Crippen LogP contribution in [0.15, 0.2) is 22.7 Å². The van der Waals surface area contributed by atoms with Crippen LogP contribution in [0.25, 0.3) is 0 Å². The topological polar surface area (TPSA) is 35.2 Å². The van der Waals surface area contributed by atoms with Crippen molar-refractivity contribution in [3.05, 3.63) is 28.5 Å². The summed E-state index contributed by atoms with van der Waals surface area (Å²) >= 11 is 8.01. The first-order chi connectivity index (χ1) is 8.01. The molecule has 1 aliphatic carbocycles. The average molecular weight is 318 g/mol. The van der Waals surface area contributed by atoms with Gasteiger partial charge in [0.25, 0.3) is 0 Å². The Morgan fingerprint density at radius 1 is 1.53 bits per heavy atom. The first-order valence-electron chi connectivity index (χ1n) is 5.37. The molecule has 0 unspecified atom stereocenters. The van der Waals surface area contributed by atoms with Crippen LogP contribution < -0.4 is 10.5 Å². The molecule has 17 heavy (non-hydrogen) atoms. The van der Waals surface area contributed by atoms with Crippen LogP contribution in [0.3, 0.4) is 0 Å². The van der Waals surface area contributed by atoms with Crippen LogP contribution in [0.2, 0.25) is 0 Å². The SMILES string of the molecule is NC(=S)CC1(COc2ccc(Br)c(F)c2)CC1. The van der Waals surface area contributed by atoms with Crippen molar-refractivity contribution < 1.29 is 9.13 Å². The Bertz CT molecular complexity index is 448. The van der Waals surface area contributed by atoms with Crippen LogP contribution in [-0.4, -0.2) is 11.6 Å². The maximum atomic E-state index is 13.3. The largest absolute Gasteiger partial charge is 0.493 e. The van der Waals surface area contributed by atoms with Gasteiger partial charge in [-0.05, 0) is 40.9 Å². The molecule has 2 rings (SSSR count). The van der Waals surface area contributed by atoms with Gasteiger partial charge < -0.3 is 10.5 Å². The normalized spacial score (nSPS) is 16.6. The summed E-state index contributed by atoms with van der Waals surface area (Å²) in [5, 5.41) is 0. The van der Waals surface area contributed by atoms with Crippen molar-refractivity contribution in [3.8, 4) is 5.75 Å². The van der Waals surface area contributed by atoms with Gasteiger partial charge in [0.15, 0.2) is 0 Å². The lowest BCUT2D eigenvalue weighted by Gasteiger charge is -2.15. The Labute approximate surface area is 113 Å². The minimum absolute atomic E-state index is 0.0926. The molecule has 5 heteroatoms. The fourth-order valence-corrected chi connectivity index (χ4v) is 2.27. The number of benzene rings is 1. The van der Waals surface area contributed by atoms with Gasteiger partial charge >= 0.3 is 0 Å². The highest BCUT2D eigenvalue weighted by Gasteiger charge is 2.43. The van der Waals surface area contributed by atoms with Gasteiger partial charge in [-0.15, -0.1) is 0 Å². The first kappa shape index (κ1) is 12.8. The van der Waals surface area contributed by atoms with E-state index in [0.717, 1.165) is 12.8 Å². The molecule has 0 aromatic heterocycles. The van der Waals surface area contributed by atoms with Gasteiger partial charge in [-0.3, -0.25) is 0 Å². The van der Waals surface area contributed by atoms with Gasteiger partial charge in [0.2, 0.25) is 0 Å². The third kappa shape index (κ3) is 3.39. The third-order valence-electron chi connectivity index (χ3n) is 2.94. The van der Waals surface area contributed by atoms with Crippen LogP contribution in [0.1, 0.15) is 19.3 Å². The summed E-state index contributed by atoms with van der Waals surface area (Å²) < 4.78 is 19.3. The average Bonchev–Trinajstić information content (AvgIpc) is 2.99. The van der Waals surface area contributed by atoms with E-state index in [4.69, 9.17) is 22.7 Å². The summed E-state index contributed by atoms with van der Waals surface area (Å²) in [6.07, 6.45) is 2.86. The second-order valence-corrected chi connectivity index (χ2v) is 5.89. The second-order valence-electron chi connectivity index (χ2n) is 4.51. The Morgan fingerprint density at radius 2 is 2.24 bits per heavy atom. The van der Waals surface area contributed by atoms with Crippen molar-refractivity contribution in [1.82, 2.24) is 0 Å². The standard InChI is InChI=1S/C12H13BrFNOS/c13-9-2-1-8(5-10(9)14)16-7-12(3-4-12)6-11(15)17/h1-2,5H,3-4,6-7H2,(H2,15,17). The van der Waals surface area contributed by atoms with E-state index >= 15 is 0 Å². The summed E-state index contributed by atoms with van der Waals surface area (Å²) in [5.74, 6) is 0.224. The van der Waals surface area contributed by atoms with Gasteiger partial charge in [-0.25, -0.2) is 4.39 Å². The molecule has 1 aliphatic rings. The molecular weight excluding hydrogens is 305 g/mol. The molecule has 0 saturated heterocycles. The van der Waals surface area contributed by atoms with E-state index in [1.165, 1.54) is 6.07 Å². The molecular formula is C12H13BrFNOS. The fraction of sp³-hybridized carbons (Fsp3) is 0.417. The number of halogens is 2. The smallest absolute Gasteiger partial charge is 0.141 e. The molecule has 1 saturated carbocycles. The van der Waals surface area contributed by atoms with Crippen molar-refractivity contribution in [3.63, 3.8) is 0 Å². The third-order valence-corrected chi connectivity index (χ3v) is 3.73. The van der Waals surface area contributed by atoms with Gasteiger partial charge in [0.1, 0.15) is 11.6 Å². The molecule has 0 atom stereocenters. The van der Waals surface area contributed by atoms with E-state index in [0.29, 0.717) is 28.2 Å². The quantitative estimate of drug-likeness (QED) is 0.845. The van der Waals surface area contributed by atoms with Crippen molar-refractivity contribution in [2.45, 2.75) is 19.3 Å². The van der Waals surface area contributed by atoms with Crippen LogP contribution in [0, 0.1) is 11.2 Å². The predicted molar refractivity (Wildman–Crippen MR) is 72.7 cm³/mol. The summed E-state index contributed by atoms with van der Waals surface area (Å²) in [6.45, 7) is 0.547. The molecule has 0 aliphatic heterocycles. The summed E-state index contributed by atoms with van der Waals surface area (Å²) in [6, 6.07) is 4.75. The Balaban J connectivity index is 1.94. The van der Waals surface area contributed by atoms with E-state index in [1.807, 2.05) is 0 Å². The molecule has 0 spiro atoms. The van der Waals surface area contributed by atoms with Crippen molar-refractivity contribution in [1.29, 1.82) is 0 Å². The number of rotatable bonds is 5. The van der Waals surface area contributed by atoms with Gasteiger partial charge in [-0.1, -0.05) is 12.2 Å². The lowest BCUT2D eigenvalue weighted by atomic mass is 10.0. The summed E-state index contributed by atoms with van der Waals surface area (Å²) in [4.78, 5) is 0.521. The zero-order valence-electron chi connectivity index (χ0n) is 9.21. The fourth-order valence-electron chi connectivity index (χ4n) is 1.72. The maximum Gasteiger partial charge on any atom is 0.141 e. The molecule has 2 N–H and O–H groups in total. The monoisotopic (exact) mass is 317 g/mol. The Morgan fingerprint density at radius 3 is 2.76 bits per heavy atom. The van der Waals surface area contributed by atoms with E-state index in [2.05, 4.69) is 15.9 Å². The summed E-state index contributed by atoms with van der Waals surface area (Å²) in [7, 11) is 0. The van der Waals surface area contributed by atoms with Crippen LogP contribution in [0.5, 0.6) is 5.75 Å². The number of nitrogens with two attached hydrogens (primary N) is 1. The van der Waals surface area contributed by atoms with Crippen LogP contribution in [0.4, 0.5) is 4.39 Å². The van der Waals surface area contributed by atoms with Crippen molar-refractivity contribution >= 4 is 33.1 Å². The first-order valence-corrected chi connectivity index (χ1v) is 6.57. The Hall–Kier alpha value is -0.680. The second kappa shape index (κ2) is 4.90. The molecule has 0 bridgehead atoms. The highest BCUT2D eigenvalue weighted by molar-refractivity contribution is 9.10. The summed E-state index contributed by atoms with van der Waals surface area (Å²) in [5.41, 5.74) is 5.63. The molecule has 1 aromatic rings. The van der Waals surface area contributed by atoms with Crippen LogP contribution in [-0.2, 0) is 0 Å². The minimum Gasteiger partial charge on any atom is -0.493 e. The number of hydrogen-bond donors (Lipinski definition) is 1. The van der Waals surface area contributed by atoms with Gasteiger partial charge in [0, 0.05) is 17.9 Å². The molecule has 2 nitrogen and oxygen atoms in total. The van der Waals surface area contributed by atoms with Gasteiger partial charge in [0.05, 0.1) is 16.1 Å². The van der Waals surface area contributed by atoms with E-state index in [1.54, 1.807) is 12.1 Å². The lowest BCUT2D eigenvalue weighted by molar-refractivity contribution is 0.238. The van der Waals surface area contributed by atoms with E-state index in [9.17, 15) is 4.39 Å². The number of thiocarbonyl (C=S) groups is 1. The predicted octanol–water partition coefficient (Wildman–Crippen LogP) is 3.42. The maximum absolute atomic E-state index is 13.3. The zero-order chi connectivity index (χ0) is 12.5. The molecule has 0 amide bonds. The highest BCUT2D eigenvalue weighted by Crippen LogP contribution is 2.49.